The summed E-state index contributed by atoms with van der Waals surface area (Å²) in [5.74, 6) is -0.483. The second kappa shape index (κ2) is 7.95. The van der Waals surface area contributed by atoms with Crippen molar-refractivity contribution >= 4 is 66.4 Å². The minimum Gasteiger partial charge on any atom is -0.325 e. The van der Waals surface area contributed by atoms with Crippen LogP contribution >= 0.6 is 39.1 Å². The second-order valence-corrected chi connectivity index (χ2v) is 9.04. The normalized spacial score (nSPS) is 11.2. The molecular formula is C16H15BrCl2N2O3S. The van der Waals surface area contributed by atoms with E-state index in [1.54, 1.807) is 18.2 Å². The summed E-state index contributed by atoms with van der Waals surface area (Å²) in [7, 11) is -3.71. The van der Waals surface area contributed by atoms with Crippen molar-refractivity contribution in [3.63, 3.8) is 0 Å². The fraction of sp³-hybridized carbons (Fsp3) is 0.188. The maximum Gasteiger partial charge on any atom is 0.245 e. The van der Waals surface area contributed by atoms with Crippen LogP contribution in [0.15, 0.2) is 40.9 Å². The highest BCUT2D eigenvalue weighted by atomic mass is 79.9. The molecule has 0 radical (unpaired) electrons. The smallest absolute Gasteiger partial charge is 0.245 e. The van der Waals surface area contributed by atoms with E-state index >= 15 is 0 Å². The average Bonchev–Trinajstić information content (AvgIpc) is 2.46. The lowest BCUT2D eigenvalue weighted by Gasteiger charge is -2.22. The van der Waals surface area contributed by atoms with Crippen molar-refractivity contribution in [1.82, 2.24) is 0 Å². The number of nitrogens with one attached hydrogen (secondary N) is 1. The molecule has 0 aliphatic carbocycles. The summed E-state index contributed by atoms with van der Waals surface area (Å²) < 4.78 is 26.1. The number of amides is 1. The number of halogens is 3. The van der Waals surface area contributed by atoms with E-state index in [2.05, 4.69) is 21.2 Å². The first-order valence-electron chi connectivity index (χ1n) is 7.06. The topological polar surface area (TPSA) is 66.5 Å². The molecule has 0 aliphatic heterocycles. The Kier molecular flexibility index (Phi) is 6.37. The van der Waals surface area contributed by atoms with Gasteiger partial charge in [-0.2, -0.15) is 0 Å². The highest BCUT2D eigenvalue weighted by Crippen LogP contribution is 2.27. The highest BCUT2D eigenvalue weighted by molar-refractivity contribution is 9.10. The third-order valence-corrected chi connectivity index (χ3v) is 5.73. The zero-order valence-corrected chi connectivity index (χ0v) is 17.3. The molecule has 9 heteroatoms. The van der Waals surface area contributed by atoms with E-state index in [0.29, 0.717) is 5.69 Å². The van der Waals surface area contributed by atoms with E-state index in [1.807, 2.05) is 6.92 Å². The summed E-state index contributed by atoms with van der Waals surface area (Å²) in [6.45, 7) is 1.49. The fourth-order valence-corrected chi connectivity index (χ4v) is 3.74. The highest BCUT2D eigenvalue weighted by Gasteiger charge is 2.22. The minimum atomic E-state index is -3.71. The van der Waals surface area contributed by atoms with E-state index in [1.165, 1.54) is 18.2 Å². The van der Waals surface area contributed by atoms with E-state index in [9.17, 15) is 13.2 Å². The molecule has 0 saturated carbocycles. The molecule has 0 spiro atoms. The Bertz CT molecular complexity index is 899. The van der Waals surface area contributed by atoms with E-state index in [4.69, 9.17) is 23.2 Å². The Morgan fingerprint density at radius 1 is 1.16 bits per heavy atom. The molecule has 1 amide bonds. The number of carbonyl (C=O) groups is 1. The molecule has 1 N–H and O–H groups in total. The van der Waals surface area contributed by atoms with Crippen LogP contribution in [-0.4, -0.2) is 27.1 Å². The molecule has 0 fully saturated rings. The largest absolute Gasteiger partial charge is 0.325 e. The summed E-state index contributed by atoms with van der Waals surface area (Å²) in [6.07, 6.45) is 1.01. The Labute approximate surface area is 165 Å². The molecule has 2 aromatic rings. The summed E-state index contributed by atoms with van der Waals surface area (Å²) in [6, 6.07) is 9.66. The minimum absolute atomic E-state index is 0.224. The monoisotopic (exact) mass is 464 g/mol. The van der Waals surface area contributed by atoms with Crippen LogP contribution in [0.1, 0.15) is 5.56 Å². The fourth-order valence-electron chi connectivity index (χ4n) is 2.14. The number of hydrogen-bond donors (Lipinski definition) is 1. The van der Waals surface area contributed by atoms with Gasteiger partial charge in [0.2, 0.25) is 15.9 Å². The number of nitrogens with zero attached hydrogens (tertiary/aromatic N) is 1. The van der Waals surface area contributed by atoms with E-state index in [0.717, 1.165) is 20.6 Å². The number of hydrogen-bond acceptors (Lipinski definition) is 3. The lowest BCUT2D eigenvalue weighted by atomic mass is 10.2. The van der Waals surface area contributed by atoms with Gasteiger partial charge >= 0.3 is 0 Å². The molecule has 0 heterocycles. The van der Waals surface area contributed by atoms with Crippen molar-refractivity contribution in [3.05, 3.63) is 56.5 Å². The lowest BCUT2D eigenvalue weighted by Crippen LogP contribution is -2.37. The molecular weight excluding hydrogens is 451 g/mol. The molecule has 25 heavy (non-hydrogen) atoms. The van der Waals surface area contributed by atoms with Crippen molar-refractivity contribution in [3.8, 4) is 0 Å². The Hall–Kier alpha value is -1.28. The summed E-state index contributed by atoms with van der Waals surface area (Å²) in [5, 5.41) is 3.24. The third-order valence-electron chi connectivity index (χ3n) is 3.26. The SMILES string of the molecule is Cc1cc(NC(=O)CN(c2cc(Cl)cc(Cl)c2)S(C)(=O)=O)ccc1Br. The number of rotatable bonds is 5. The van der Waals surface area contributed by atoms with Crippen LogP contribution in [0.3, 0.4) is 0 Å². The predicted octanol–water partition coefficient (Wildman–Crippen LogP) is 4.47. The van der Waals surface area contributed by atoms with Crippen molar-refractivity contribution in [2.75, 3.05) is 22.4 Å². The number of carbonyl (C=O) groups excluding carboxylic acids is 1. The Balaban J connectivity index is 2.25. The summed E-state index contributed by atoms with van der Waals surface area (Å²) in [4.78, 5) is 12.3. The lowest BCUT2D eigenvalue weighted by molar-refractivity contribution is -0.114. The Morgan fingerprint density at radius 3 is 2.28 bits per heavy atom. The standard InChI is InChI=1S/C16H15BrCl2N2O3S/c1-10-5-13(3-4-15(10)17)20-16(22)9-21(25(2,23)24)14-7-11(18)6-12(19)8-14/h3-8H,9H2,1-2H3,(H,20,22). The average molecular weight is 466 g/mol. The summed E-state index contributed by atoms with van der Waals surface area (Å²) >= 11 is 15.2. The van der Waals surface area contributed by atoms with E-state index in [-0.39, 0.29) is 15.7 Å². The van der Waals surface area contributed by atoms with Crippen molar-refractivity contribution < 1.29 is 13.2 Å². The van der Waals surface area contributed by atoms with Crippen molar-refractivity contribution in [2.24, 2.45) is 0 Å². The van der Waals surface area contributed by atoms with Gasteiger partial charge in [-0.1, -0.05) is 39.1 Å². The molecule has 0 saturated heterocycles. The van der Waals surface area contributed by atoms with Gasteiger partial charge in [0.15, 0.2) is 0 Å². The first-order chi connectivity index (χ1) is 11.6. The molecule has 0 bridgehead atoms. The van der Waals surface area contributed by atoms with Crippen molar-refractivity contribution in [1.29, 1.82) is 0 Å². The third kappa shape index (κ3) is 5.60. The zero-order valence-electron chi connectivity index (χ0n) is 13.4. The van der Waals surface area contributed by atoms with Crippen LogP contribution < -0.4 is 9.62 Å². The number of benzene rings is 2. The maximum absolute atomic E-state index is 12.3. The molecule has 0 aromatic heterocycles. The number of sulfonamides is 1. The quantitative estimate of drug-likeness (QED) is 0.708. The summed E-state index contributed by atoms with van der Waals surface area (Å²) in [5.41, 5.74) is 1.74. The van der Waals surface area contributed by atoms with Gasteiger partial charge in [-0.05, 0) is 48.9 Å². The van der Waals surface area contributed by atoms with Crippen LogP contribution in [0.5, 0.6) is 0 Å². The Morgan fingerprint density at radius 2 is 1.76 bits per heavy atom. The molecule has 2 aromatic carbocycles. The zero-order chi connectivity index (χ0) is 18.8. The molecule has 134 valence electrons. The predicted molar refractivity (Wildman–Crippen MR) is 106 cm³/mol. The second-order valence-electron chi connectivity index (χ2n) is 5.41. The number of anilines is 2. The van der Waals surface area contributed by atoms with Crippen LogP contribution in [-0.2, 0) is 14.8 Å². The first-order valence-corrected chi connectivity index (χ1v) is 10.5. The van der Waals surface area contributed by atoms with Gasteiger partial charge in [0.1, 0.15) is 6.54 Å². The maximum atomic E-state index is 12.3. The molecule has 0 atom stereocenters. The van der Waals surface area contributed by atoms with Gasteiger partial charge in [0.05, 0.1) is 11.9 Å². The van der Waals surface area contributed by atoms with Crippen LogP contribution in [0.4, 0.5) is 11.4 Å². The van der Waals surface area contributed by atoms with Gasteiger partial charge in [0, 0.05) is 20.2 Å². The van der Waals surface area contributed by atoms with E-state index < -0.39 is 22.5 Å². The molecule has 0 unspecified atom stereocenters. The van der Waals surface area contributed by atoms with Gasteiger partial charge in [-0.3, -0.25) is 9.10 Å². The molecule has 0 aliphatic rings. The van der Waals surface area contributed by atoms with Gasteiger partial charge < -0.3 is 5.32 Å². The molecule has 5 nitrogen and oxygen atoms in total. The van der Waals surface area contributed by atoms with Gasteiger partial charge in [-0.25, -0.2) is 8.42 Å². The van der Waals surface area contributed by atoms with Crippen LogP contribution in [0.2, 0.25) is 10.0 Å². The number of aryl methyl sites for hydroxylation is 1. The van der Waals surface area contributed by atoms with Crippen molar-refractivity contribution in [2.45, 2.75) is 6.92 Å². The van der Waals surface area contributed by atoms with Gasteiger partial charge in [0.25, 0.3) is 0 Å². The van der Waals surface area contributed by atoms with Gasteiger partial charge in [-0.15, -0.1) is 0 Å². The first kappa shape index (κ1) is 20.0. The van der Waals surface area contributed by atoms with Crippen LogP contribution in [0.25, 0.3) is 0 Å². The van der Waals surface area contributed by atoms with Crippen LogP contribution in [0, 0.1) is 6.92 Å². The molecule has 2 rings (SSSR count).